The molecule has 0 bridgehead atoms. The number of rotatable bonds is 6. The highest BCUT2D eigenvalue weighted by Gasteiger charge is 2.21. The predicted octanol–water partition coefficient (Wildman–Crippen LogP) is 3.21. The Kier molecular flexibility index (Phi) is 6.36. The van der Waals surface area contributed by atoms with E-state index in [9.17, 15) is 4.79 Å². The molecule has 1 aliphatic heterocycles. The molecular weight excluding hydrogens is 352 g/mol. The van der Waals surface area contributed by atoms with E-state index in [0.717, 1.165) is 35.1 Å². The minimum atomic E-state index is 0.0265. The van der Waals surface area contributed by atoms with Crippen LogP contribution in [0.25, 0.3) is 0 Å². The van der Waals surface area contributed by atoms with Crippen molar-refractivity contribution in [2.45, 2.75) is 6.61 Å². The van der Waals surface area contributed by atoms with E-state index in [1.54, 1.807) is 7.11 Å². The molecule has 2 aromatic rings. The van der Waals surface area contributed by atoms with Crippen LogP contribution in [0.2, 0.25) is 5.02 Å². The largest absolute Gasteiger partial charge is 0.497 e. The smallest absolute Gasteiger partial charge is 0.248 e. The summed E-state index contributed by atoms with van der Waals surface area (Å²) in [7, 11) is 1.63. The molecule has 26 heavy (non-hydrogen) atoms. The molecule has 1 aliphatic rings. The molecule has 138 valence electrons. The van der Waals surface area contributed by atoms with Crippen molar-refractivity contribution in [2.75, 3.05) is 44.8 Å². The Labute approximate surface area is 159 Å². The Morgan fingerprint density at radius 1 is 1.08 bits per heavy atom. The average molecular weight is 375 g/mol. The molecule has 6 heteroatoms. The first-order valence-electron chi connectivity index (χ1n) is 8.64. The van der Waals surface area contributed by atoms with Gasteiger partial charge in [0.25, 0.3) is 0 Å². The first-order chi connectivity index (χ1) is 12.7. The Balaban J connectivity index is 1.43. The summed E-state index contributed by atoms with van der Waals surface area (Å²) < 4.78 is 10.8. The number of amides is 1. The van der Waals surface area contributed by atoms with Gasteiger partial charge in [0, 0.05) is 36.9 Å². The third-order valence-electron chi connectivity index (χ3n) is 4.43. The van der Waals surface area contributed by atoms with Crippen molar-refractivity contribution in [3.63, 3.8) is 0 Å². The highest BCUT2D eigenvalue weighted by Crippen LogP contribution is 2.21. The maximum Gasteiger partial charge on any atom is 0.248 e. The number of ether oxygens (including phenoxy) is 2. The van der Waals surface area contributed by atoms with Crippen LogP contribution >= 0.6 is 11.6 Å². The molecule has 0 aromatic heterocycles. The number of carbonyl (C=O) groups excluding carboxylic acids is 1. The van der Waals surface area contributed by atoms with Gasteiger partial charge in [-0.2, -0.15) is 0 Å². The lowest BCUT2D eigenvalue weighted by molar-refractivity contribution is -0.136. The number of methoxy groups -OCH3 is 1. The first-order valence-corrected chi connectivity index (χ1v) is 9.02. The average Bonchev–Trinajstić information content (AvgIpc) is 2.68. The fourth-order valence-corrected chi connectivity index (χ4v) is 3.18. The predicted molar refractivity (Wildman–Crippen MR) is 103 cm³/mol. The normalized spacial score (nSPS) is 14.4. The van der Waals surface area contributed by atoms with Crippen molar-refractivity contribution in [3.05, 3.63) is 59.1 Å². The van der Waals surface area contributed by atoms with Crippen molar-refractivity contribution in [3.8, 4) is 5.75 Å². The molecule has 0 atom stereocenters. The Morgan fingerprint density at radius 3 is 2.58 bits per heavy atom. The summed E-state index contributed by atoms with van der Waals surface area (Å²) in [6.07, 6.45) is 0. The van der Waals surface area contributed by atoms with Gasteiger partial charge in [-0.3, -0.25) is 4.79 Å². The second-order valence-electron chi connectivity index (χ2n) is 6.19. The number of nitrogens with zero attached hydrogens (tertiary/aromatic N) is 2. The van der Waals surface area contributed by atoms with E-state index >= 15 is 0 Å². The maximum absolute atomic E-state index is 12.3. The number of anilines is 1. The molecule has 0 radical (unpaired) electrons. The third-order valence-corrected chi connectivity index (χ3v) is 4.67. The zero-order valence-corrected chi connectivity index (χ0v) is 15.6. The van der Waals surface area contributed by atoms with E-state index in [-0.39, 0.29) is 12.5 Å². The van der Waals surface area contributed by atoms with E-state index < -0.39 is 0 Å². The summed E-state index contributed by atoms with van der Waals surface area (Å²) in [5.41, 5.74) is 2.08. The first kappa shape index (κ1) is 18.5. The van der Waals surface area contributed by atoms with E-state index in [0.29, 0.717) is 19.7 Å². The van der Waals surface area contributed by atoms with Gasteiger partial charge in [-0.15, -0.1) is 0 Å². The Bertz CT molecular complexity index is 745. The van der Waals surface area contributed by atoms with Gasteiger partial charge in [0.15, 0.2) is 0 Å². The van der Waals surface area contributed by atoms with Gasteiger partial charge in [-0.1, -0.05) is 29.8 Å². The van der Waals surface area contributed by atoms with Gasteiger partial charge in [0.2, 0.25) is 5.91 Å². The van der Waals surface area contributed by atoms with E-state index in [4.69, 9.17) is 21.1 Å². The summed E-state index contributed by atoms with van der Waals surface area (Å²) in [6, 6.07) is 15.5. The maximum atomic E-state index is 12.3. The molecule has 1 heterocycles. The SMILES string of the molecule is COc1cccc(COCC(=O)N2CCN(c3cccc(Cl)c3)CC2)c1. The van der Waals surface area contributed by atoms with Gasteiger partial charge < -0.3 is 19.3 Å². The Morgan fingerprint density at radius 2 is 1.85 bits per heavy atom. The standard InChI is InChI=1S/C20H23ClN2O3/c1-25-19-7-2-4-16(12-19)14-26-15-20(24)23-10-8-22(9-11-23)18-6-3-5-17(21)13-18/h2-7,12-13H,8-11,14-15H2,1H3. The van der Waals surface area contributed by atoms with Crippen molar-refractivity contribution in [1.29, 1.82) is 0 Å². The molecule has 0 saturated carbocycles. The number of hydrogen-bond acceptors (Lipinski definition) is 4. The van der Waals surface area contributed by atoms with Gasteiger partial charge in [-0.25, -0.2) is 0 Å². The van der Waals surface area contributed by atoms with E-state index in [1.807, 2.05) is 53.4 Å². The summed E-state index contributed by atoms with van der Waals surface area (Å²) in [4.78, 5) is 16.4. The summed E-state index contributed by atoms with van der Waals surface area (Å²) in [5.74, 6) is 0.813. The number of carbonyl (C=O) groups is 1. The highest BCUT2D eigenvalue weighted by atomic mass is 35.5. The number of benzene rings is 2. The summed E-state index contributed by atoms with van der Waals surface area (Å²) in [5, 5.41) is 0.729. The fraction of sp³-hybridized carbons (Fsp3) is 0.350. The van der Waals surface area contributed by atoms with Crippen LogP contribution in [0, 0.1) is 0 Å². The Hall–Kier alpha value is -2.24. The second kappa shape index (κ2) is 8.92. The molecule has 0 unspecified atom stereocenters. The molecule has 0 aliphatic carbocycles. The number of hydrogen-bond donors (Lipinski definition) is 0. The molecule has 0 spiro atoms. The number of halogens is 1. The second-order valence-corrected chi connectivity index (χ2v) is 6.63. The molecular formula is C20H23ClN2O3. The van der Waals surface area contributed by atoms with Crippen LogP contribution in [0.5, 0.6) is 5.75 Å². The van der Waals surface area contributed by atoms with Crippen molar-refractivity contribution in [2.24, 2.45) is 0 Å². The van der Waals surface area contributed by atoms with E-state index in [1.165, 1.54) is 0 Å². The number of piperazine rings is 1. The lowest BCUT2D eigenvalue weighted by Crippen LogP contribution is -2.49. The van der Waals surface area contributed by atoms with Crippen LogP contribution in [-0.2, 0) is 16.1 Å². The third kappa shape index (κ3) is 4.90. The minimum Gasteiger partial charge on any atom is -0.497 e. The lowest BCUT2D eigenvalue weighted by Gasteiger charge is -2.36. The van der Waals surface area contributed by atoms with Crippen LogP contribution < -0.4 is 9.64 Å². The topological polar surface area (TPSA) is 42.0 Å². The van der Waals surface area contributed by atoms with Crippen LogP contribution in [0.15, 0.2) is 48.5 Å². The molecule has 5 nitrogen and oxygen atoms in total. The molecule has 2 aromatic carbocycles. The van der Waals surface area contributed by atoms with Gasteiger partial charge >= 0.3 is 0 Å². The van der Waals surface area contributed by atoms with Crippen LogP contribution in [0.4, 0.5) is 5.69 Å². The molecule has 1 fully saturated rings. The van der Waals surface area contributed by atoms with Gasteiger partial charge in [-0.05, 0) is 35.9 Å². The van der Waals surface area contributed by atoms with Crippen molar-refractivity contribution in [1.82, 2.24) is 4.90 Å². The highest BCUT2D eigenvalue weighted by molar-refractivity contribution is 6.30. The summed E-state index contributed by atoms with van der Waals surface area (Å²) in [6.45, 7) is 3.45. The van der Waals surface area contributed by atoms with E-state index in [2.05, 4.69) is 4.90 Å². The molecule has 3 rings (SSSR count). The van der Waals surface area contributed by atoms with Crippen LogP contribution in [0.1, 0.15) is 5.56 Å². The van der Waals surface area contributed by atoms with Crippen LogP contribution in [-0.4, -0.2) is 50.7 Å². The zero-order valence-electron chi connectivity index (χ0n) is 14.9. The molecule has 1 saturated heterocycles. The molecule has 0 N–H and O–H groups in total. The quantitative estimate of drug-likeness (QED) is 0.778. The molecule has 1 amide bonds. The summed E-state index contributed by atoms with van der Waals surface area (Å²) >= 11 is 6.05. The fourth-order valence-electron chi connectivity index (χ4n) is 3.00. The van der Waals surface area contributed by atoms with Crippen LogP contribution in [0.3, 0.4) is 0 Å². The van der Waals surface area contributed by atoms with Gasteiger partial charge in [0.1, 0.15) is 12.4 Å². The lowest BCUT2D eigenvalue weighted by atomic mass is 10.2. The van der Waals surface area contributed by atoms with Gasteiger partial charge in [0.05, 0.1) is 13.7 Å². The minimum absolute atomic E-state index is 0.0265. The van der Waals surface area contributed by atoms with Crippen molar-refractivity contribution < 1.29 is 14.3 Å². The zero-order chi connectivity index (χ0) is 18.4. The monoisotopic (exact) mass is 374 g/mol. The van der Waals surface area contributed by atoms with Crippen molar-refractivity contribution >= 4 is 23.2 Å².